The van der Waals surface area contributed by atoms with Gasteiger partial charge < -0.3 is 20.4 Å². The molecule has 0 aliphatic heterocycles. The predicted octanol–water partition coefficient (Wildman–Crippen LogP) is 0.713. The van der Waals surface area contributed by atoms with E-state index in [0.717, 1.165) is 12.8 Å². The van der Waals surface area contributed by atoms with Crippen LogP contribution in [0.15, 0.2) is 0 Å². The third kappa shape index (κ3) is 20.8. The number of carboxylic acids is 2. The van der Waals surface area contributed by atoms with Crippen molar-refractivity contribution in [3.05, 3.63) is 0 Å². The van der Waals surface area contributed by atoms with Crippen LogP contribution in [0.5, 0.6) is 0 Å². The molecule has 0 radical (unpaired) electrons. The molecule has 6 nitrogen and oxygen atoms in total. The van der Waals surface area contributed by atoms with Crippen LogP contribution in [0.1, 0.15) is 39.0 Å². The maximum atomic E-state index is 9.79. The molecule has 0 bridgehead atoms. The van der Waals surface area contributed by atoms with Crippen molar-refractivity contribution in [1.82, 2.24) is 0 Å². The van der Waals surface area contributed by atoms with E-state index < -0.39 is 11.9 Å². The second-order valence-corrected chi connectivity index (χ2v) is 3.77. The number of carboxylic acid groups (broad SMARTS) is 2. The molecule has 0 unspecified atom stereocenters. The molecule has 0 heterocycles. The van der Waals surface area contributed by atoms with E-state index in [1.165, 1.54) is 0 Å². The first-order valence-electron chi connectivity index (χ1n) is 5.59. The van der Waals surface area contributed by atoms with Gasteiger partial charge in [0.25, 0.3) is 0 Å². The maximum absolute atomic E-state index is 9.79. The molecule has 6 heteroatoms. The van der Waals surface area contributed by atoms with E-state index >= 15 is 0 Å². The van der Waals surface area contributed by atoms with E-state index in [0.29, 0.717) is 5.92 Å². The second kappa shape index (κ2) is 12.9. The molecular formula is C11H22O6. The minimum Gasteiger partial charge on any atom is -0.481 e. The highest BCUT2D eigenvalue weighted by molar-refractivity contribution is 5.69. The maximum Gasteiger partial charge on any atom is 0.303 e. The number of aliphatic hydroxyl groups is 2. The van der Waals surface area contributed by atoms with Gasteiger partial charge in [-0.15, -0.1) is 0 Å². The van der Waals surface area contributed by atoms with Gasteiger partial charge in [0, 0.05) is 26.1 Å². The Labute approximate surface area is 101 Å². The van der Waals surface area contributed by atoms with Gasteiger partial charge in [0.05, 0.1) is 0 Å². The molecule has 0 aliphatic rings. The summed E-state index contributed by atoms with van der Waals surface area (Å²) in [5.74, 6) is -1.43. The first kappa shape index (κ1) is 18.2. The minimum atomic E-state index is -0.948. The summed E-state index contributed by atoms with van der Waals surface area (Å²) in [6.07, 6.45) is 1.70. The molecule has 0 amide bonds. The number of carbonyl (C=O) groups is 2. The Morgan fingerprint density at radius 1 is 0.941 bits per heavy atom. The lowest BCUT2D eigenvalue weighted by molar-refractivity contribution is -0.138. The highest BCUT2D eigenvalue weighted by Crippen LogP contribution is 2.03. The zero-order valence-electron chi connectivity index (χ0n) is 10.1. The van der Waals surface area contributed by atoms with Gasteiger partial charge in [0.2, 0.25) is 0 Å². The first-order chi connectivity index (χ1) is 7.93. The number of aliphatic hydroxyl groups excluding tert-OH is 2. The summed E-state index contributed by atoms with van der Waals surface area (Å²) >= 11 is 0. The molecule has 0 rings (SSSR count). The van der Waals surface area contributed by atoms with Crippen LogP contribution in [-0.4, -0.2) is 45.6 Å². The van der Waals surface area contributed by atoms with Gasteiger partial charge in [0.15, 0.2) is 0 Å². The molecule has 0 spiro atoms. The number of rotatable bonds is 8. The van der Waals surface area contributed by atoms with Crippen LogP contribution in [0.3, 0.4) is 0 Å². The average Bonchev–Trinajstić information content (AvgIpc) is 2.18. The molecular weight excluding hydrogens is 228 g/mol. The van der Waals surface area contributed by atoms with Gasteiger partial charge in [0.1, 0.15) is 0 Å². The van der Waals surface area contributed by atoms with Gasteiger partial charge in [-0.25, -0.2) is 0 Å². The molecule has 0 atom stereocenters. The fraction of sp³-hybridized carbons (Fsp3) is 0.818. The van der Waals surface area contributed by atoms with Crippen molar-refractivity contribution in [2.24, 2.45) is 5.92 Å². The molecule has 0 aromatic carbocycles. The van der Waals surface area contributed by atoms with Crippen molar-refractivity contribution in [2.45, 2.75) is 39.0 Å². The monoisotopic (exact) mass is 250 g/mol. The van der Waals surface area contributed by atoms with Crippen LogP contribution in [0, 0.1) is 5.92 Å². The molecule has 0 aliphatic carbocycles. The fourth-order valence-corrected chi connectivity index (χ4v) is 0.976. The standard InChI is InChI=1S/C6H14O2.C5H8O4/c1-6(2-4-7)3-5-8;6-4(7)2-1-3-5(8)9/h6-8H,2-5H2,1H3;1-3H2,(H,6,7)(H,8,9). The summed E-state index contributed by atoms with van der Waals surface area (Å²) in [6, 6.07) is 0. The Balaban J connectivity index is 0. The van der Waals surface area contributed by atoms with E-state index in [2.05, 4.69) is 0 Å². The Bertz CT molecular complexity index is 184. The van der Waals surface area contributed by atoms with Gasteiger partial charge in [-0.05, 0) is 25.2 Å². The van der Waals surface area contributed by atoms with Crippen LogP contribution < -0.4 is 0 Å². The molecule has 102 valence electrons. The summed E-state index contributed by atoms with van der Waals surface area (Å²) < 4.78 is 0. The van der Waals surface area contributed by atoms with Crippen molar-refractivity contribution >= 4 is 11.9 Å². The summed E-state index contributed by atoms with van der Waals surface area (Å²) in [4.78, 5) is 19.6. The Morgan fingerprint density at radius 2 is 1.29 bits per heavy atom. The normalized spacial score (nSPS) is 9.65. The van der Waals surface area contributed by atoms with Crippen molar-refractivity contribution in [1.29, 1.82) is 0 Å². The number of hydrogen-bond acceptors (Lipinski definition) is 4. The summed E-state index contributed by atoms with van der Waals surface area (Å²) in [5.41, 5.74) is 0. The van der Waals surface area contributed by atoms with Crippen LogP contribution >= 0.6 is 0 Å². The van der Waals surface area contributed by atoms with Crippen LogP contribution in [0.4, 0.5) is 0 Å². The van der Waals surface area contributed by atoms with E-state index in [-0.39, 0.29) is 32.5 Å². The van der Waals surface area contributed by atoms with Gasteiger partial charge >= 0.3 is 11.9 Å². The summed E-state index contributed by atoms with van der Waals surface area (Å²) in [6.45, 7) is 2.49. The Hall–Kier alpha value is -1.14. The van der Waals surface area contributed by atoms with Crippen molar-refractivity contribution in [3.8, 4) is 0 Å². The van der Waals surface area contributed by atoms with Gasteiger partial charge in [-0.1, -0.05) is 6.92 Å². The largest absolute Gasteiger partial charge is 0.481 e. The summed E-state index contributed by atoms with van der Waals surface area (Å²) in [7, 11) is 0. The van der Waals surface area contributed by atoms with Gasteiger partial charge in [-0.2, -0.15) is 0 Å². The molecule has 4 N–H and O–H groups in total. The van der Waals surface area contributed by atoms with E-state index in [1.54, 1.807) is 0 Å². The average molecular weight is 250 g/mol. The number of aliphatic carboxylic acids is 2. The van der Waals surface area contributed by atoms with Crippen LogP contribution in [-0.2, 0) is 9.59 Å². The highest BCUT2D eigenvalue weighted by Gasteiger charge is 1.99. The van der Waals surface area contributed by atoms with E-state index in [1.807, 2.05) is 6.92 Å². The fourth-order valence-electron chi connectivity index (χ4n) is 0.976. The first-order valence-corrected chi connectivity index (χ1v) is 5.59. The van der Waals surface area contributed by atoms with E-state index in [4.69, 9.17) is 20.4 Å². The third-order valence-electron chi connectivity index (χ3n) is 2.03. The van der Waals surface area contributed by atoms with Crippen molar-refractivity contribution < 1.29 is 30.0 Å². The minimum absolute atomic E-state index is 0.0632. The van der Waals surface area contributed by atoms with E-state index in [9.17, 15) is 9.59 Å². The SMILES string of the molecule is CC(CCO)CCO.O=C(O)CCCC(=O)O. The van der Waals surface area contributed by atoms with Crippen molar-refractivity contribution in [2.75, 3.05) is 13.2 Å². The lowest BCUT2D eigenvalue weighted by Gasteiger charge is -2.04. The number of hydrogen-bond donors (Lipinski definition) is 4. The molecule has 0 fully saturated rings. The molecule has 0 saturated carbocycles. The Kier molecular flexibility index (Phi) is 13.9. The molecule has 0 aromatic rings. The van der Waals surface area contributed by atoms with Crippen LogP contribution in [0.2, 0.25) is 0 Å². The second-order valence-electron chi connectivity index (χ2n) is 3.77. The zero-order valence-corrected chi connectivity index (χ0v) is 10.1. The summed E-state index contributed by atoms with van der Waals surface area (Å²) in [5, 5.41) is 32.8. The smallest absolute Gasteiger partial charge is 0.303 e. The quantitative estimate of drug-likeness (QED) is 0.504. The zero-order chi connectivity index (χ0) is 13.7. The third-order valence-corrected chi connectivity index (χ3v) is 2.03. The van der Waals surface area contributed by atoms with Crippen molar-refractivity contribution in [3.63, 3.8) is 0 Å². The molecule has 0 aromatic heterocycles. The van der Waals surface area contributed by atoms with Crippen LogP contribution in [0.25, 0.3) is 0 Å². The topological polar surface area (TPSA) is 115 Å². The molecule has 17 heavy (non-hydrogen) atoms. The Morgan fingerprint density at radius 3 is 1.53 bits per heavy atom. The predicted molar refractivity (Wildman–Crippen MR) is 61.7 cm³/mol. The lowest BCUT2D eigenvalue weighted by atomic mass is 10.1. The lowest BCUT2D eigenvalue weighted by Crippen LogP contribution is -1.99. The highest BCUT2D eigenvalue weighted by atomic mass is 16.4. The molecule has 0 saturated heterocycles. The van der Waals surface area contributed by atoms with Gasteiger partial charge in [-0.3, -0.25) is 9.59 Å².